The number of rotatable bonds is 5. The van der Waals surface area contributed by atoms with E-state index >= 15 is 0 Å². The van der Waals surface area contributed by atoms with Gasteiger partial charge in [0.05, 0.1) is 6.54 Å². The second-order valence-corrected chi connectivity index (χ2v) is 7.38. The first kappa shape index (κ1) is 16.9. The van der Waals surface area contributed by atoms with Gasteiger partial charge in [-0.1, -0.05) is 25.1 Å². The van der Waals surface area contributed by atoms with Crippen molar-refractivity contribution >= 4 is 5.91 Å². The molecule has 2 aromatic rings. The Morgan fingerprint density at radius 1 is 1.27 bits per heavy atom. The van der Waals surface area contributed by atoms with E-state index in [2.05, 4.69) is 23.1 Å². The summed E-state index contributed by atoms with van der Waals surface area (Å²) in [5.41, 5.74) is 1.19. The van der Waals surface area contributed by atoms with E-state index < -0.39 is 0 Å². The van der Waals surface area contributed by atoms with E-state index in [0.29, 0.717) is 37.6 Å². The zero-order valence-electron chi connectivity index (χ0n) is 15.2. The number of carbonyl (C=O) groups excluding carboxylic acids is 1. The molecule has 1 fully saturated rings. The molecule has 7 nitrogen and oxygen atoms in total. The number of likely N-dealkylation sites (tertiary alicyclic amines) is 1. The lowest BCUT2D eigenvalue weighted by Gasteiger charge is -2.40. The zero-order chi connectivity index (χ0) is 18.1. The molecular formula is C19H23N3O4. The molecule has 0 saturated carbocycles. The van der Waals surface area contributed by atoms with Crippen LogP contribution in [0.25, 0.3) is 0 Å². The average molecular weight is 357 g/mol. The molecule has 1 amide bonds. The van der Waals surface area contributed by atoms with Gasteiger partial charge in [-0.2, -0.15) is 4.98 Å². The van der Waals surface area contributed by atoms with E-state index in [0.717, 1.165) is 24.3 Å². The molecule has 2 aliphatic heterocycles. The first-order valence-corrected chi connectivity index (χ1v) is 9.02. The van der Waals surface area contributed by atoms with Gasteiger partial charge in [-0.25, -0.2) is 0 Å². The second-order valence-electron chi connectivity index (χ2n) is 7.38. The molecule has 0 radical (unpaired) electrons. The highest BCUT2D eigenvalue weighted by molar-refractivity contribution is 5.77. The molecule has 3 heterocycles. The van der Waals surface area contributed by atoms with Crippen molar-refractivity contribution in [3.05, 3.63) is 35.5 Å². The predicted molar refractivity (Wildman–Crippen MR) is 92.7 cm³/mol. The molecule has 0 N–H and O–H groups in total. The normalized spacial score (nSPS) is 22.1. The van der Waals surface area contributed by atoms with Crippen molar-refractivity contribution < 1.29 is 18.8 Å². The summed E-state index contributed by atoms with van der Waals surface area (Å²) in [5.74, 6) is 2.92. The van der Waals surface area contributed by atoms with Crippen molar-refractivity contribution in [3.63, 3.8) is 0 Å². The van der Waals surface area contributed by atoms with Crippen LogP contribution in [0, 0.1) is 5.41 Å². The number of hydrogen-bond acceptors (Lipinski definition) is 6. The van der Waals surface area contributed by atoms with E-state index in [1.54, 1.807) is 0 Å². The van der Waals surface area contributed by atoms with Crippen molar-refractivity contribution in [2.24, 2.45) is 5.41 Å². The summed E-state index contributed by atoms with van der Waals surface area (Å²) in [6.07, 6.45) is 2.98. The molecule has 0 spiro atoms. The van der Waals surface area contributed by atoms with Gasteiger partial charge < -0.3 is 18.9 Å². The van der Waals surface area contributed by atoms with Crippen molar-refractivity contribution in [3.8, 4) is 11.5 Å². The number of fused-ring (bicyclic) bond motifs is 1. The maximum atomic E-state index is 12.4. The SMILES string of the molecule is CCc1nc(CN2C[C@@](C)(Cc3ccc4c(c3)OCO4)CCC2=O)no1. The molecule has 2 aliphatic rings. The molecule has 1 saturated heterocycles. The second kappa shape index (κ2) is 6.63. The van der Waals surface area contributed by atoms with Gasteiger partial charge in [0.15, 0.2) is 17.3 Å². The summed E-state index contributed by atoms with van der Waals surface area (Å²) in [4.78, 5) is 18.5. The molecule has 7 heteroatoms. The van der Waals surface area contributed by atoms with Crippen LogP contribution in [0.15, 0.2) is 22.7 Å². The van der Waals surface area contributed by atoms with E-state index in [1.165, 1.54) is 5.56 Å². The fourth-order valence-corrected chi connectivity index (χ4v) is 3.70. The quantitative estimate of drug-likeness (QED) is 0.819. The number of aryl methyl sites for hydroxylation is 1. The summed E-state index contributed by atoms with van der Waals surface area (Å²) in [7, 11) is 0. The Kier molecular flexibility index (Phi) is 4.30. The van der Waals surface area contributed by atoms with Crippen molar-refractivity contribution in [2.75, 3.05) is 13.3 Å². The molecule has 1 aromatic heterocycles. The topological polar surface area (TPSA) is 77.7 Å². The zero-order valence-corrected chi connectivity index (χ0v) is 15.2. The molecular weight excluding hydrogens is 334 g/mol. The minimum absolute atomic E-state index is 0.00106. The standard InChI is InChI=1S/C19H23N3O4/c1-3-17-20-16(21-26-17)10-22-11-19(2,7-6-18(22)23)9-13-4-5-14-15(8-13)25-12-24-14/h4-5,8H,3,6-7,9-12H2,1-2H3/t19-/m1/s1. The number of benzene rings is 1. The van der Waals surface area contributed by atoms with Gasteiger partial charge in [0.2, 0.25) is 18.6 Å². The van der Waals surface area contributed by atoms with Crippen LogP contribution in [0.5, 0.6) is 11.5 Å². The third kappa shape index (κ3) is 3.38. The van der Waals surface area contributed by atoms with Gasteiger partial charge in [0.25, 0.3) is 0 Å². The fourth-order valence-electron chi connectivity index (χ4n) is 3.70. The minimum atomic E-state index is -0.00106. The smallest absolute Gasteiger partial charge is 0.231 e. The van der Waals surface area contributed by atoms with Gasteiger partial charge in [-0.15, -0.1) is 0 Å². The van der Waals surface area contributed by atoms with Gasteiger partial charge in [-0.3, -0.25) is 4.79 Å². The van der Waals surface area contributed by atoms with E-state index in [9.17, 15) is 4.79 Å². The maximum absolute atomic E-state index is 12.4. The van der Waals surface area contributed by atoms with Crippen LogP contribution in [0.3, 0.4) is 0 Å². The average Bonchev–Trinajstić information content (AvgIpc) is 3.27. The molecule has 4 rings (SSSR count). The Hall–Kier alpha value is -2.57. The van der Waals surface area contributed by atoms with Crippen LogP contribution in [-0.2, 0) is 24.2 Å². The fraction of sp³-hybridized carbons (Fsp3) is 0.526. The lowest BCUT2D eigenvalue weighted by atomic mass is 9.76. The molecule has 1 atom stereocenters. The highest BCUT2D eigenvalue weighted by atomic mass is 16.7. The first-order valence-electron chi connectivity index (χ1n) is 9.02. The summed E-state index contributed by atoms with van der Waals surface area (Å²) in [6, 6.07) is 6.08. The third-order valence-corrected chi connectivity index (χ3v) is 5.08. The van der Waals surface area contributed by atoms with E-state index in [-0.39, 0.29) is 18.1 Å². The number of piperidine rings is 1. The van der Waals surface area contributed by atoms with Crippen molar-refractivity contribution in [1.82, 2.24) is 15.0 Å². The largest absolute Gasteiger partial charge is 0.454 e. The van der Waals surface area contributed by atoms with Crippen LogP contribution in [0.1, 0.15) is 44.0 Å². The van der Waals surface area contributed by atoms with Crippen molar-refractivity contribution in [1.29, 1.82) is 0 Å². The number of hydrogen-bond donors (Lipinski definition) is 0. The van der Waals surface area contributed by atoms with E-state index in [4.69, 9.17) is 14.0 Å². The first-order chi connectivity index (χ1) is 12.5. The molecule has 0 bridgehead atoms. The molecule has 0 aliphatic carbocycles. The van der Waals surface area contributed by atoms with Crippen LogP contribution in [0.4, 0.5) is 0 Å². The van der Waals surface area contributed by atoms with Gasteiger partial charge >= 0.3 is 0 Å². The summed E-state index contributed by atoms with van der Waals surface area (Å²) in [6.45, 7) is 5.55. The Morgan fingerprint density at radius 3 is 2.92 bits per heavy atom. The number of ether oxygens (including phenoxy) is 2. The maximum Gasteiger partial charge on any atom is 0.231 e. The number of nitrogens with zero attached hydrogens (tertiary/aromatic N) is 3. The molecule has 0 unspecified atom stereocenters. The number of carbonyl (C=O) groups is 1. The van der Waals surface area contributed by atoms with Crippen LogP contribution < -0.4 is 9.47 Å². The summed E-state index contributed by atoms with van der Waals surface area (Å²) >= 11 is 0. The Bertz CT molecular complexity index is 819. The Balaban J connectivity index is 1.46. The molecule has 138 valence electrons. The third-order valence-electron chi connectivity index (χ3n) is 5.08. The van der Waals surface area contributed by atoms with Gasteiger partial charge in [0, 0.05) is 19.4 Å². The minimum Gasteiger partial charge on any atom is -0.454 e. The summed E-state index contributed by atoms with van der Waals surface area (Å²) < 4.78 is 16.0. The van der Waals surface area contributed by atoms with Crippen LogP contribution in [0.2, 0.25) is 0 Å². The van der Waals surface area contributed by atoms with Gasteiger partial charge in [0.1, 0.15) is 0 Å². The summed E-state index contributed by atoms with van der Waals surface area (Å²) in [5, 5.41) is 3.98. The predicted octanol–water partition coefficient (Wildman–Crippen LogP) is 2.73. The monoisotopic (exact) mass is 357 g/mol. The highest BCUT2D eigenvalue weighted by Crippen LogP contribution is 2.38. The highest BCUT2D eigenvalue weighted by Gasteiger charge is 2.36. The number of amides is 1. The van der Waals surface area contributed by atoms with Crippen LogP contribution >= 0.6 is 0 Å². The Morgan fingerprint density at radius 2 is 2.12 bits per heavy atom. The molecule has 1 aromatic carbocycles. The van der Waals surface area contributed by atoms with Crippen LogP contribution in [-0.4, -0.2) is 34.3 Å². The lowest BCUT2D eigenvalue weighted by molar-refractivity contribution is -0.138. The number of aromatic nitrogens is 2. The molecule has 26 heavy (non-hydrogen) atoms. The van der Waals surface area contributed by atoms with Crippen molar-refractivity contribution in [2.45, 2.75) is 46.1 Å². The van der Waals surface area contributed by atoms with E-state index in [1.807, 2.05) is 24.0 Å². The lowest BCUT2D eigenvalue weighted by Crippen LogP contribution is -2.45. The Labute approximate surface area is 152 Å². The van der Waals surface area contributed by atoms with Gasteiger partial charge in [-0.05, 0) is 36.0 Å².